The van der Waals surface area contributed by atoms with Gasteiger partial charge in [-0.15, -0.1) is 28.1 Å². The van der Waals surface area contributed by atoms with Crippen LogP contribution in [0, 0.1) is 0 Å². The van der Waals surface area contributed by atoms with Crippen LogP contribution in [-0.2, 0) is 6.54 Å². The number of thiophene rings is 1. The van der Waals surface area contributed by atoms with Crippen molar-refractivity contribution in [2.24, 2.45) is 0 Å². The van der Waals surface area contributed by atoms with Crippen LogP contribution in [0.2, 0.25) is 5.02 Å². The summed E-state index contributed by atoms with van der Waals surface area (Å²) >= 11 is 9.58. The summed E-state index contributed by atoms with van der Waals surface area (Å²) in [7, 11) is 0. The molecule has 28 heavy (non-hydrogen) atoms. The largest absolute Gasteiger partial charge is 0.297 e. The highest BCUT2D eigenvalue weighted by Crippen LogP contribution is 2.41. The van der Waals surface area contributed by atoms with E-state index in [0.717, 1.165) is 15.0 Å². The lowest BCUT2D eigenvalue weighted by Gasteiger charge is -2.07. The first kappa shape index (κ1) is 18.9. The fourth-order valence-electron chi connectivity index (χ4n) is 2.85. The van der Waals surface area contributed by atoms with E-state index >= 15 is 0 Å². The van der Waals surface area contributed by atoms with Gasteiger partial charge in [-0.2, -0.15) is 0 Å². The lowest BCUT2D eigenvalue weighted by Crippen LogP contribution is -2.05. The summed E-state index contributed by atoms with van der Waals surface area (Å²) in [5.74, 6) is 1.04. The Labute approximate surface area is 175 Å². The Morgan fingerprint density at radius 1 is 1.14 bits per heavy atom. The van der Waals surface area contributed by atoms with Crippen LogP contribution in [0.3, 0.4) is 0 Å². The predicted molar refractivity (Wildman–Crippen MR) is 118 cm³/mol. The van der Waals surface area contributed by atoms with Crippen LogP contribution in [0.4, 0.5) is 0 Å². The van der Waals surface area contributed by atoms with Gasteiger partial charge in [-0.3, -0.25) is 9.36 Å². The number of ketones is 1. The highest BCUT2D eigenvalue weighted by Gasteiger charge is 2.20. The molecule has 0 aliphatic rings. The Bertz CT molecular complexity index is 1150. The van der Waals surface area contributed by atoms with Crippen molar-refractivity contribution >= 4 is 50.6 Å². The highest BCUT2D eigenvalue weighted by molar-refractivity contribution is 7.99. The van der Waals surface area contributed by atoms with Crippen molar-refractivity contribution in [3.8, 4) is 10.7 Å². The summed E-state index contributed by atoms with van der Waals surface area (Å²) < 4.78 is 3.05. The molecule has 0 saturated heterocycles. The number of nitrogens with zero attached hydrogens (tertiary/aromatic N) is 3. The standard InChI is InChI=1S/C21H16ClN3OS2/c1-2-12-25-20(19-18(22)15-10-6-7-11-17(15)28-19)23-24-21(25)27-13-16(26)14-8-4-3-5-9-14/h2-11H,1,12-13H2. The lowest BCUT2D eigenvalue weighted by atomic mass is 10.2. The predicted octanol–water partition coefficient (Wildman–Crippen LogP) is 5.97. The first-order chi connectivity index (χ1) is 13.7. The molecule has 0 radical (unpaired) electrons. The van der Waals surface area contributed by atoms with Crippen molar-refractivity contribution in [2.75, 3.05) is 5.75 Å². The van der Waals surface area contributed by atoms with Gasteiger partial charge in [-0.1, -0.05) is 78.0 Å². The Morgan fingerprint density at radius 3 is 2.64 bits per heavy atom. The third-order valence-electron chi connectivity index (χ3n) is 4.19. The van der Waals surface area contributed by atoms with Crippen LogP contribution in [0.25, 0.3) is 20.8 Å². The molecule has 4 rings (SSSR count). The molecular formula is C21H16ClN3OS2. The Kier molecular flexibility index (Phi) is 5.62. The second-order valence-corrected chi connectivity index (χ2v) is 8.40. The van der Waals surface area contributed by atoms with Crippen molar-refractivity contribution in [3.05, 3.63) is 77.8 Å². The summed E-state index contributed by atoms with van der Waals surface area (Å²) in [5.41, 5.74) is 0.692. The molecule has 2 heterocycles. The molecule has 0 aliphatic heterocycles. The van der Waals surface area contributed by atoms with E-state index < -0.39 is 0 Å². The number of hydrogen-bond donors (Lipinski definition) is 0. The number of thioether (sulfide) groups is 1. The van der Waals surface area contributed by atoms with Crippen molar-refractivity contribution < 1.29 is 4.79 Å². The molecule has 0 atom stereocenters. The molecule has 2 aromatic carbocycles. The molecule has 0 spiro atoms. The quantitative estimate of drug-likeness (QED) is 0.208. The zero-order chi connectivity index (χ0) is 19.5. The zero-order valence-electron chi connectivity index (χ0n) is 14.8. The number of halogens is 1. The maximum absolute atomic E-state index is 12.4. The van der Waals surface area contributed by atoms with Crippen molar-refractivity contribution in [2.45, 2.75) is 11.7 Å². The molecule has 0 saturated carbocycles. The third kappa shape index (κ3) is 3.63. The van der Waals surface area contributed by atoms with Gasteiger partial charge in [0.05, 0.1) is 15.7 Å². The molecule has 140 valence electrons. The number of aromatic nitrogens is 3. The minimum Gasteiger partial charge on any atom is -0.297 e. The van der Waals surface area contributed by atoms with E-state index in [1.807, 2.05) is 59.2 Å². The molecule has 4 nitrogen and oxygen atoms in total. The lowest BCUT2D eigenvalue weighted by molar-refractivity contribution is 0.102. The zero-order valence-corrected chi connectivity index (χ0v) is 17.2. The van der Waals surface area contributed by atoms with E-state index in [1.54, 1.807) is 17.4 Å². The van der Waals surface area contributed by atoms with Gasteiger partial charge in [-0.05, 0) is 6.07 Å². The Morgan fingerprint density at radius 2 is 1.89 bits per heavy atom. The van der Waals surface area contributed by atoms with Gasteiger partial charge in [-0.25, -0.2) is 0 Å². The topological polar surface area (TPSA) is 47.8 Å². The number of carbonyl (C=O) groups is 1. The summed E-state index contributed by atoms with van der Waals surface area (Å²) in [6.45, 7) is 4.37. The van der Waals surface area contributed by atoms with Crippen LogP contribution < -0.4 is 0 Å². The molecule has 0 unspecified atom stereocenters. The number of rotatable bonds is 7. The maximum Gasteiger partial charge on any atom is 0.192 e. The summed E-state index contributed by atoms with van der Waals surface area (Å²) in [6.07, 6.45) is 1.79. The van der Waals surface area contributed by atoms with Crippen LogP contribution in [0.15, 0.2) is 72.4 Å². The molecule has 0 amide bonds. The van der Waals surface area contributed by atoms with Gasteiger partial charge in [0.15, 0.2) is 16.8 Å². The minimum absolute atomic E-state index is 0.0557. The molecule has 2 aromatic heterocycles. The Hall–Kier alpha value is -2.41. The third-order valence-corrected chi connectivity index (χ3v) is 6.83. The van der Waals surface area contributed by atoms with E-state index in [0.29, 0.717) is 33.9 Å². The Balaban J connectivity index is 1.65. The molecule has 0 aliphatic carbocycles. The average Bonchev–Trinajstić information content (AvgIpc) is 3.28. The number of fused-ring (bicyclic) bond motifs is 1. The number of allylic oxidation sites excluding steroid dienone is 1. The van der Waals surface area contributed by atoms with E-state index in [1.165, 1.54) is 11.8 Å². The maximum atomic E-state index is 12.4. The normalized spacial score (nSPS) is 11.0. The van der Waals surface area contributed by atoms with Crippen molar-refractivity contribution in [3.63, 3.8) is 0 Å². The van der Waals surface area contributed by atoms with E-state index in [2.05, 4.69) is 16.8 Å². The summed E-state index contributed by atoms with van der Waals surface area (Å²) in [6, 6.07) is 17.3. The average molecular weight is 426 g/mol. The van der Waals surface area contributed by atoms with Crippen LogP contribution in [-0.4, -0.2) is 26.3 Å². The van der Waals surface area contributed by atoms with E-state index in [9.17, 15) is 4.79 Å². The first-order valence-electron chi connectivity index (χ1n) is 8.61. The van der Waals surface area contributed by atoms with E-state index in [-0.39, 0.29) is 5.78 Å². The molecule has 0 fully saturated rings. The van der Waals surface area contributed by atoms with Crippen LogP contribution >= 0.6 is 34.7 Å². The molecular weight excluding hydrogens is 410 g/mol. The number of hydrogen-bond acceptors (Lipinski definition) is 5. The fraction of sp³-hybridized carbons (Fsp3) is 0.0952. The van der Waals surface area contributed by atoms with Gasteiger partial charge in [0.2, 0.25) is 0 Å². The van der Waals surface area contributed by atoms with E-state index in [4.69, 9.17) is 11.6 Å². The van der Waals surface area contributed by atoms with Crippen LogP contribution in [0.1, 0.15) is 10.4 Å². The second-order valence-electron chi connectivity index (χ2n) is 6.02. The van der Waals surface area contributed by atoms with Crippen LogP contribution in [0.5, 0.6) is 0 Å². The summed E-state index contributed by atoms with van der Waals surface area (Å²) in [4.78, 5) is 13.3. The monoisotopic (exact) mass is 425 g/mol. The number of benzene rings is 2. The molecule has 0 N–H and O–H groups in total. The van der Waals surface area contributed by atoms with Crippen molar-refractivity contribution in [1.82, 2.24) is 14.8 Å². The second kappa shape index (κ2) is 8.31. The first-order valence-corrected chi connectivity index (χ1v) is 10.8. The van der Waals surface area contributed by atoms with Gasteiger partial charge in [0, 0.05) is 22.2 Å². The smallest absolute Gasteiger partial charge is 0.192 e. The minimum atomic E-state index is 0.0557. The molecule has 7 heteroatoms. The van der Waals surface area contributed by atoms with Gasteiger partial charge >= 0.3 is 0 Å². The van der Waals surface area contributed by atoms with Gasteiger partial charge < -0.3 is 0 Å². The highest BCUT2D eigenvalue weighted by atomic mass is 35.5. The van der Waals surface area contributed by atoms with Gasteiger partial charge in [0.1, 0.15) is 0 Å². The number of Topliss-reactive ketones (excluding diaryl/α,β-unsaturated/α-hetero) is 1. The summed E-state index contributed by atoms with van der Waals surface area (Å²) in [5, 5.41) is 11.0. The fourth-order valence-corrected chi connectivity index (χ4v) is 5.20. The molecule has 4 aromatic rings. The van der Waals surface area contributed by atoms with Crippen molar-refractivity contribution in [1.29, 1.82) is 0 Å². The van der Waals surface area contributed by atoms with Gasteiger partial charge in [0.25, 0.3) is 0 Å². The SMILES string of the molecule is C=CCn1c(SCC(=O)c2ccccc2)nnc1-c1sc2ccccc2c1Cl. The molecule has 0 bridgehead atoms. The number of carbonyl (C=O) groups excluding carboxylic acids is 1.